The molecule has 462 valence electrons. The molecule has 2 aliphatic heterocycles. The van der Waals surface area contributed by atoms with Crippen LogP contribution in [0.25, 0.3) is 77.4 Å². The average molecular weight is 1220 g/mol. The SMILES string of the molecule is CCCCCCCc1cc2c3c(c1)N(Cc1c(-c4ccccc4)cccc1-c1ccccc1)c1cc(Cn4c5ccc(C(C)(C)C)cc5c5cc(C(C)(C)C)ccc54)ccc1B3c1cc(-c3ccccc3)ccc1N2Cc1c(-c2ccccc2)cccc1-c1ccccc1. The summed E-state index contributed by atoms with van der Waals surface area (Å²) in [5, 5.41) is 2.64. The lowest BCUT2D eigenvalue weighted by Crippen LogP contribution is -2.62. The number of hydrogen-bond acceptors (Lipinski definition) is 2. The fraction of sp³-hybridized carbons (Fsp3) is 0.200. The number of nitrogens with zero attached hydrogens (tertiary/aromatic N) is 3. The van der Waals surface area contributed by atoms with E-state index in [9.17, 15) is 0 Å². The van der Waals surface area contributed by atoms with E-state index in [1.165, 1.54) is 176 Å². The number of rotatable bonds is 17. The second-order valence-corrected chi connectivity index (χ2v) is 28.5. The van der Waals surface area contributed by atoms with Gasteiger partial charge in [0.1, 0.15) is 0 Å². The summed E-state index contributed by atoms with van der Waals surface area (Å²) in [4.78, 5) is 5.51. The first kappa shape index (κ1) is 60.4. The van der Waals surface area contributed by atoms with Crippen LogP contribution in [0.5, 0.6) is 0 Å². The summed E-state index contributed by atoms with van der Waals surface area (Å²) >= 11 is 0. The Labute approximate surface area is 558 Å². The predicted molar refractivity (Wildman–Crippen MR) is 404 cm³/mol. The quantitative estimate of drug-likeness (QED) is 0.0665. The van der Waals surface area contributed by atoms with E-state index in [0.29, 0.717) is 19.6 Å². The fourth-order valence-corrected chi connectivity index (χ4v) is 15.4. The minimum Gasteiger partial charge on any atom is -0.338 e. The molecule has 0 amide bonds. The van der Waals surface area contributed by atoms with Gasteiger partial charge in [0.2, 0.25) is 0 Å². The Morgan fingerprint density at radius 1 is 0.319 bits per heavy atom. The van der Waals surface area contributed by atoms with Crippen molar-refractivity contribution in [3.8, 4) is 55.6 Å². The molecule has 0 bridgehead atoms. The first-order valence-corrected chi connectivity index (χ1v) is 34.4. The first-order chi connectivity index (χ1) is 45.9. The minimum absolute atomic E-state index is 0.00512. The van der Waals surface area contributed by atoms with Crippen molar-refractivity contribution in [2.75, 3.05) is 9.80 Å². The lowest BCUT2D eigenvalue weighted by atomic mass is 9.33. The number of unbranched alkanes of at least 4 members (excludes halogenated alkanes) is 4. The summed E-state index contributed by atoms with van der Waals surface area (Å²) < 4.78 is 2.61. The largest absolute Gasteiger partial charge is 0.338 e. The van der Waals surface area contributed by atoms with Gasteiger partial charge in [0.05, 0.1) is 0 Å². The number of aryl methyl sites for hydroxylation is 1. The van der Waals surface area contributed by atoms with Crippen molar-refractivity contribution in [2.24, 2.45) is 0 Å². The van der Waals surface area contributed by atoms with Gasteiger partial charge in [-0.25, -0.2) is 0 Å². The monoisotopic (exact) mass is 1220 g/mol. The van der Waals surface area contributed by atoms with E-state index < -0.39 is 0 Å². The lowest BCUT2D eigenvalue weighted by molar-refractivity contribution is 0.590. The summed E-state index contributed by atoms with van der Waals surface area (Å²) in [5.74, 6) is 0. The Kier molecular flexibility index (Phi) is 16.2. The van der Waals surface area contributed by atoms with Crippen molar-refractivity contribution >= 4 is 67.7 Å². The van der Waals surface area contributed by atoms with E-state index in [2.05, 4.69) is 336 Å². The van der Waals surface area contributed by atoms with E-state index in [1.807, 2.05) is 0 Å². The van der Waals surface area contributed by atoms with Gasteiger partial charge in [-0.15, -0.1) is 0 Å². The molecular weight excluding hydrogens is 1130 g/mol. The zero-order valence-corrected chi connectivity index (χ0v) is 55.8. The summed E-state index contributed by atoms with van der Waals surface area (Å²) in [6, 6.07) is 104. The molecule has 4 heteroatoms. The van der Waals surface area contributed by atoms with Crippen molar-refractivity contribution in [3.05, 3.63) is 306 Å². The average Bonchev–Trinajstić information content (AvgIpc) is 0.726. The van der Waals surface area contributed by atoms with Crippen LogP contribution < -0.4 is 26.2 Å². The molecule has 0 atom stereocenters. The molecule has 0 unspecified atom stereocenters. The molecular formula is C90H84BN3. The summed E-state index contributed by atoms with van der Waals surface area (Å²) in [5.41, 5.74) is 32.0. The van der Waals surface area contributed by atoms with Crippen LogP contribution in [0.3, 0.4) is 0 Å². The Balaban J connectivity index is 1.00. The van der Waals surface area contributed by atoms with Crippen LogP contribution in [0.15, 0.2) is 273 Å². The van der Waals surface area contributed by atoms with Gasteiger partial charge in [-0.3, -0.25) is 0 Å². The Bertz CT molecular complexity index is 4710. The second-order valence-electron chi connectivity index (χ2n) is 28.5. The van der Waals surface area contributed by atoms with Gasteiger partial charge >= 0.3 is 0 Å². The smallest absolute Gasteiger partial charge is 0.252 e. The standard InChI is InChI=1S/C90H84BN3/c1-8-9-10-11-17-30-62-53-86-88-87(54-62)94(61-79-74(67-37-24-15-25-38-67)43-29-44-75(79)68-39-26-16-27-40-68)85-55-63(59-92-82-51-47-70(89(2,3)4)57-76(82)77-58-71(90(5,6)7)48-52-83(77)92)45-49-80(85)91(88)81-56-69(64-31-18-12-19-32-64)46-50-84(81)93(86)60-78-72(65-33-20-13-21-34-65)41-28-42-73(78)66-35-22-14-23-36-66/h12-16,18-29,31-58H,8-11,17,30,59-61H2,1-7H3. The molecule has 0 aliphatic carbocycles. The van der Waals surface area contributed by atoms with E-state index in [4.69, 9.17) is 0 Å². The molecule has 0 spiro atoms. The topological polar surface area (TPSA) is 11.4 Å². The van der Waals surface area contributed by atoms with Gasteiger partial charge in [-0.2, -0.15) is 0 Å². The van der Waals surface area contributed by atoms with Gasteiger partial charge in [0.25, 0.3) is 6.71 Å². The third-order valence-electron chi connectivity index (χ3n) is 20.3. The Morgan fingerprint density at radius 3 is 1.21 bits per heavy atom. The van der Waals surface area contributed by atoms with Crippen LogP contribution in [0, 0.1) is 0 Å². The van der Waals surface area contributed by atoms with Crippen LogP contribution in [0.4, 0.5) is 22.7 Å². The van der Waals surface area contributed by atoms with E-state index in [0.717, 1.165) is 12.8 Å². The molecule has 3 nitrogen and oxygen atoms in total. The van der Waals surface area contributed by atoms with Crippen molar-refractivity contribution in [2.45, 2.75) is 117 Å². The summed E-state index contributed by atoms with van der Waals surface area (Å²) in [6.07, 6.45) is 7.08. The van der Waals surface area contributed by atoms with Crippen LogP contribution >= 0.6 is 0 Å². The van der Waals surface area contributed by atoms with Crippen molar-refractivity contribution in [3.63, 3.8) is 0 Å². The zero-order valence-electron chi connectivity index (χ0n) is 55.8. The van der Waals surface area contributed by atoms with Crippen LogP contribution in [0.1, 0.15) is 114 Å². The Morgan fingerprint density at radius 2 is 0.755 bits per heavy atom. The third kappa shape index (κ3) is 11.5. The highest BCUT2D eigenvalue weighted by atomic mass is 15.2. The van der Waals surface area contributed by atoms with E-state index in [-0.39, 0.29) is 17.5 Å². The van der Waals surface area contributed by atoms with Crippen LogP contribution in [-0.4, -0.2) is 11.3 Å². The molecule has 0 saturated carbocycles. The van der Waals surface area contributed by atoms with Gasteiger partial charge < -0.3 is 14.4 Å². The molecule has 0 fully saturated rings. The highest BCUT2D eigenvalue weighted by molar-refractivity contribution is 7.00. The third-order valence-corrected chi connectivity index (χ3v) is 20.3. The number of anilines is 4. The molecule has 94 heavy (non-hydrogen) atoms. The van der Waals surface area contributed by atoms with Crippen molar-refractivity contribution < 1.29 is 0 Å². The number of benzene rings is 12. The molecule has 13 aromatic rings. The minimum atomic E-state index is -0.0744. The van der Waals surface area contributed by atoms with Gasteiger partial charge in [0.15, 0.2) is 0 Å². The lowest BCUT2D eigenvalue weighted by Gasteiger charge is -2.45. The molecule has 12 aromatic carbocycles. The van der Waals surface area contributed by atoms with Gasteiger partial charge in [0, 0.05) is 64.2 Å². The number of aromatic nitrogens is 1. The van der Waals surface area contributed by atoms with Crippen LogP contribution in [-0.2, 0) is 36.9 Å². The summed E-state index contributed by atoms with van der Waals surface area (Å²) in [7, 11) is 0. The maximum Gasteiger partial charge on any atom is 0.252 e. The normalized spacial score (nSPS) is 12.7. The molecule has 3 heterocycles. The highest BCUT2D eigenvalue weighted by Crippen LogP contribution is 2.46. The molecule has 15 rings (SSSR count). The van der Waals surface area contributed by atoms with E-state index in [1.54, 1.807) is 0 Å². The van der Waals surface area contributed by atoms with Gasteiger partial charge in [-0.05, 0) is 178 Å². The zero-order chi connectivity index (χ0) is 64.1. The Hall–Kier alpha value is -9.90. The predicted octanol–water partition coefficient (Wildman–Crippen LogP) is 22.1. The fourth-order valence-electron chi connectivity index (χ4n) is 15.4. The first-order valence-electron chi connectivity index (χ1n) is 34.4. The van der Waals surface area contributed by atoms with Gasteiger partial charge in [-0.1, -0.05) is 299 Å². The molecule has 2 aliphatic rings. The molecule has 0 radical (unpaired) electrons. The second kappa shape index (κ2) is 25.2. The van der Waals surface area contributed by atoms with Crippen LogP contribution in [0.2, 0.25) is 0 Å². The maximum atomic E-state index is 2.78. The number of hydrogen-bond donors (Lipinski definition) is 0. The molecule has 0 N–H and O–H groups in total. The van der Waals surface area contributed by atoms with E-state index >= 15 is 0 Å². The maximum absolute atomic E-state index is 2.78. The number of fused-ring (bicyclic) bond motifs is 7. The summed E-state index contributed by atoms with van der Waals surface area (Å²) in [6.45, 7) is 18.3. The van der Waals surface area contributed by atoms with Crippen molar-refractivity contribution in [1.29, 1.82) is 0 Å². The van der Waals surface area contributed by atoms with Crippen molar-refractivity contribution in [1.82, 2.24) is 4.57 Å². The molecule has 1 aromatic heterocycles. The molecule has 0 saturated heterocycles. The highest BCUT2D eigenvalue weighted by Gasteiger charge is 2.44.